The van der Waals surface area contributed by atoms with Crippen LogP contribution in [-0.4, -0.2) is 9.97 Å². The van der Waals surface area contributed by atoms with Gasteiger partial charge in [-0.1, -0.05) is 34.6 Å². The summed E-state index contributed by atoms with van der Waals surface area (Å²) in [6, 6.07) is 11.6. The highest BCUT2D eigenvalue weighted by molar-refractivity contribution is 7.27. The van der Waals surface area contributed by atoms with E-state index in [1.54, 1.807) is 6.33 Å². The van der Waals surface area contributed by atoms with E-state index >= 15 is 0 Å². The molecule has 0 spiro atoms. The maximum atomic E-state index is 4.81. The summed E-state index contributed by atoms with van der Waals surface area (Å²) in [5, 5.41) is 6.12. The van der Waals surface area contributed by atoms with Gasteiger partial charge in [-0.2, -0.15) is 0 Å². The second kappa shape index (κ2) is 7.84. The van der Waals surface area contributed by atoms with E-state index in [-0.39, 0.29) is 5.41 Å². The Balaban J connectivity index is 1.59. The smallest absolute Gasteiger partial charge is 0.116 e. The number of aryl methyl sites for hydroxylation is 1. The topological polar surface area (TPSA) is 25.8 Å². The van der Waals surface area contributed by atoms with Crippen LogP contribution in [0.3, 0.4) is 0 Å². The predicted octanol–water partition coefficient (Wildman–Crippen LogP) is 9.75. The van der Waals surface area contributed by atoms with Crippen molar-refractivity contribution in [1.82, 2.24) is 9.97 Å². The molecule has 4 heterocycles. The van der Waals surface area contributed by atoms with Gasteiger partial charge in [0.05, 0.1) is 15.9 Å². The van der Waals surface area contributed by atoms with E-state index in [0.29, 0.717) is 5.92 Å². The first-order valence-electron chi connectivity index (χ1n) is 11.8. The molecule has 0 atom stereocenters. The molecule has 6 rings (SSSR count). The zero-order valence-corrected chi connectivity index (χ0v) is 22.9. The molecule has 0 N–H and O–H groups in total. The van der Waals surface area contributed by atoms with E-state index < -0.39 is 0 Å². The first kappa shape index (κ1) is 22.1. The Kier molecular flexibility index (Phi) is 5.11. The van der Waals surface area contributed by atoms with Crippen molar-refractivity contribution < 1.29 is 0 Å². The Bertz CT molecular complexity index is 1710. The van der Waals surface area contributed by atoms with Crippen molar-refractivity contribution in [3.05, 3.63) is 58.0 Å². The molecule has 0 bridgehead atoms. The molecule has 2 aromatic carbocycles. The molecule has 0 amide bonds. The predicted molar refractivity (Wildman–Crippen MR) is 153 cm³/mol. The standard InChI is InChI=1S/C29H28N2S3/c1-15(2)9-22-16(3)19-12-20-24(13-23(19)33-22)34-28-25(30-14-31-26(20)28)18-10-17-7-8-32-27(17)21(11-18)29(4,5)6/h7-8,10-15H,9H2,1-6H3. The Labute approximate surface area is 212 Å². The molecule has 0 aliphatic rings. The van der Waals surface area contributed by atoms with Gasteiger partial charge in [0.25, 0.3) is 0 Å². The number of benzene rings is 2. The number of fused-ring (bicyclic) bond motifs is 5. The van der Waals surface area contributed by atoms with Crippen LogP contribution in [0.1, 0.15) is 50.6 Å². The fourth-order valence-electron chi connectivity index (χ4n) is 4.89. The van der Waals surface area contributed by atoms with Gasteiger partial charge < -0.3 is 0 Å². The van der Waals surface area contributed by atoms with Crippen LogP contribution in [0.4, 0.5) is 0 Å². The molecule has 4 aromatic heterocycles. The summed E-state index contributed by atoms with van der Waals surface area (Å²) < 4.78 is 5.25. The molecule has 0 saturated carbocycles. The molecular weight excluding hydrogens is 473 g/mol. The van der Waals surface area contributed by atoms with E-state index in [0.717, 1.165) is 17.6 Å². The van der Waals surface area contributed by atoms with E-state index in [1.807, 2.05) is 34.0 Å². The lowest BCUT2D eigenvalue weighted by Gasteiger charge is -2.21. The maximum absolute atomic E-state index is 4.81. The van der Waals surface area contributed by atoms with Crippen molar-refractivity contribution in [2.45, 2.75) is 53.4 Å². The van der Waals surface area contributed by atoms with Crippen molar-refractivity contribution in [3.63, 3.8) is 0 Å². The number of hydrogen-bond acceptors (Lipinski definition) is 5. The molecule has 0 aliphatic carbocycles. The summed E-state index contributed by atoms with van der Waals surface area (Å²) >= 11 is 5.62. The summed E-state index contributed by atoms with van der Waals surface area (Å²) in [7, 11) is 0. The molecule has 5 heteroatoms. The van der Waals surface area contributed by atoms with Crippen LogP contribution < -0.4 is 0 Å². The van der Waals surface area contributed by atoms with Crippen molar-refractivity contribution >= 4 is 74.5 Å². The molecule has 34 heavy (non-hydrogen) atoms. The summed E-state index contributed by atoms with van der Waals surface area (Å²) in [6.45, 7) is 13.8. The van der Waals surface area contributed by atoms with Crippen molar-refractivity contribution in [2.75, 3.05) is 0 Å². The van der Waals surface area contributed by atoms with Crippen LogP contribution in [-0.2, 0) is 11.8 Å². The van der Waals surface area contributed by atoms with Crippen LogP contribution in [0, 0.1) is 12.8 Å². The minimum absolute atomic E-state index is 0.0704. The third kappa shape index (κ3) is 3.48. The van der Waals surface area contributed by atoms with E-state index in [4.69, 9.17) is 9.97 Å². The first-order valence-corrected chi connectivity index (χ1v) is 14.3. The summed E-state index contributed by atoms with van der Waals surface area (Å²) in [4.78, 5) is 11.1. The Morgan fingerprint density at radius 3 is 2.47 bits per heavy atom. The van der Waals surface area contributed by atoms with Crippen LogP contribution in [0.5, 0.6) is 0 Å². The molecule has 0 aliphatic heterocycles. The number of nitrogens with zero attached hydrogens (tertiary/aromatic N) is 2. The molecule has 0 unspecified atom stereocenters. The zero-order chi connectivity index (χ0) is 23.8. The zero-order valence-electron chi connectivity index (χ0n) is 20.4. The van der Waals surface area contributed by atoms with Gasteiger partial charge in [-0.05, 0) is 82.3 Å². The Hall–Kier alpha value is -2.34. The summed E-state index contributed by atoms with van der Waals surface area (Å²) in [6.07, 6.45) is 2.89. The third-order valence-electron chi connectivity index (χ3n) is 6.63. The summed E-state index contributed by atoms with van der Waals surface area (Å²) in [5.41, 5.74) is 6.20. The second-order valence-electron chi connectivity index (χ2n) is 10.7. The Morgan fingerprint density at radius 2 is 1.71 bits per heavy atom. The minimum Gasteiger partial charge on any atom is -0.235 e. The van der Waals surface area contributed by atoms with Gasteiger partial charge in [0.15, 0.2) is 0 Å². The highest BCUT2D eigenvalue weighted by Gasteiger charge is 2.21. The third-order valence-corrected chi connectivity index (χ3v) is 10.0. The van der Waals surface area contributed by atoms with Crippen LogP contribution in [0.15, 0.2) is 42.0 Å². The largest absolute Gasteiger partial charge is 0.235 e. The molecule has 0 fully saturated rings. The lowest BCUT2D eigenvalue weighted by molar-refractivity contribution is 0.597. The van der Waals surface area contributed by atoms with Gasteiger partial charge >= 0.3 is 0 Å². The SMILES string of the molecule is Cc1c(CC(C)C)sc2cc3sc4c(-c5cc(C(C)(C)C)c6sccc6c5)ncnc4c3cc12. The number of aromatic nitrogens is 2. The van der Waals surface area contributed by atoms with Crippen molar-refractivity contribution in [2.24, 2.45) is 5.92 Å². The lowest BCUT2D eigenvalue weighted by atomic mass is 9.85. The minimum atomic E-state index is 0.0704. The molecule has 2 nitrogen and oxygen atoms in total. The highest BCUT2D eigenvalue weighted by atomic mass is 32.1. The fourth-order valence-corrected chi connectivity index (χ4v) is 8.70. The Morgan fingerprint density at radius 1 is 0.912 bits per heavy atom. The van der Waals surface area contributed by atoms with Gasteiger partial charge in [0.2, 0.25) is 0 Å². The normalized spacial score (nSPS) is 12.8. The second-order valence-corrected chi connectivity index (χ2v) is 13.8. The van der Waals surface area contributed by atoms with Crippen LogP contribution in [0.25, 0.3) is 51.7 Å². The summed E-state index contributed by atoms with van der Waals surface area (Å²) in [5.74, 6) is 0.669. The van der Waals surface area contributed by atoms with Crippen molar-refractivity contribution in [1.29, 1.82) is 0 Å². The van der Waals surface area contributed by atoms with Gasteiger partial charge in [-0.15, -0.1) is 34.0 Å². The molecule has 0 saturated heterocycles. The molecular formula is C29H28N2S3. The monoisotopic (exact) mass is 500 g/mol. The average molecular weight is 501 g/mol. The van der Waals surface area contributed by atoms with Gasteiger partial charge in [-0.3, -0.25) is 0 Å². The van der Waals surface area contributed by atoms with Crippen LogP contribution >= 0.6 is 34.0 Å². The molecule has 0 radical (unpaired) electrons. The van der Waals surface area contributed by atoms with E-state index in [2.05, 4.69) is 77.3 Å². The molecule has 172 valence electrons. The van der Waals surface area contributed by atoms with E-state index in [9.17, 15) is 0 Å². The lowest BCUT2D eigenvalue weighted by Crippen LogP contribution is -2.11. The van der Waals surface area contributed by atoms with Gasteiger partial charge in [0.1, 0.15) is 6.33 Å². The van der Waals surface area contributed by atoms with E-state index in [1.165, 1.54) is 56.5 Å². The average Bonchev–Trinajstić information content (AvgIpc) is 3.46. The maximum Gasteiger partial charge on any atom is 0.116 e. The quantitative estimate of drug-likeness (QED) is 0.242. The highest BCUT2D eigenvalue weighted by Crippen LogP contribution is 2.44. The fraction of sp³-hybridized carbons (Fsp3) is 0.310. The van der Waals surface area contributed by atoms with Gasteiger partial charge in [-0.25, -0.2) is 9.97 Å². The number of thiophene rings is 3. The van der Waals surface area contributed by atoms with Crippen molar-refractivity contribution in [3.8, 4) is 11.3 Å². The number of hydrogen-bond donors (Lipinski definition) is 0. The number of rotatable bonds is 3. The first-order chi connectivity index (χ1) is 16.2. The van der Waals surface area contributed by atoms with Gasteiger partial charge in [0, 0.05) is 29.9 Å². The molecule has 6 aromatic rings. The van der Waals surface area contributed by atoms with Crippen LogP contribution in [0.2, 0.25) is 0 Å².